The average molecular weight is 255 g/mol. The molecule has 15 heavy (non-hydrogen) atoms. The number of hydrogen-bond donors (Lipinski definition) is 2. The van der Waals surface area contributed by atoms with Gasteiger partial charge in [-0.3, -0.25) is 0 Å². The molecule has 0 saturated heterocycles. The maximum atomic E-state index is 10.9. The van der Waals surface area contributed by atoms with Crippen molar-refractivity contribution in [1.82, 2.24) is 0 Å². The minimum atomic E-state index is -2.91. The molecular weight excluding hydrogens is 234 g/mol. The molecule has 0 fully saturated rings. The zero-order chi connectivity index (χ0) is 11.9. The third-order valence-corrected chi connectivity index (χ3v) is 4.64. The van der Waals surface area contributed by atoms with Crippen molar-refractivity contribution < 1.29 is 13.5 Å². The van der Waals surface area contributed by atoms with Crippen molar-refractivity contribution in [3.05, 3.63) is 0 Å². The van der Waals surface area contributed by atoms with Crippen LogP contribution in [0.1, 0.15) is 19.8 Å². The standard InChI is InChI=1S/C9H21NO3S2/c1-3-4-8(10)9(7-11)14-5-6-15(2,12)13/h8-9,11H,3-7,10H2,1-2H3. The van der Waals surface area contributed by atoms with E-state index in [2.05, 4.69) is 0 Å². The van der Waals surface area contributed by atoms with E-state index in [1.54, 1.807) is 0 Å². The molecule has 0 spiro atoms. The molecule has 0 amide bonds. The van der Waals surface area contributed by atoms with Gasteiger partial charge in [-0.1, -0.05) is 13.3 Å². The molecule has 0 radical (unpaired) electrons. The molecule has 0 aliphatic carbocycles. The van der Waals surface area contributed by atoms with Gasteiger partial charge in [-0.2, -0.15) is 11.8 Å². The van der Waals surface area contributed by atoms with E-state index in [1.165, 1.54) is 18.0 Å². The highest BCUT2D eigenvalue weighted by Gasteiger charge is 2.17. The smallest absolute Gasteiger partial charge is 0.148 e. The number of sulfone groups is 1. The first-order valence-electron chi connectivity index (χ1n) is 5.06. The Bertz CT molecular complexity index is 254. The molecule has 0 heterocycles. The van der Waals surface area contributed by atoms with E-state index in [0.29, 0.717) is 5.75 Å². The van der Waals surface area contributed by atoms with Crippen LogP contribution in [0, 0.1) is 0 Å². The van der Waals surface area contributed by atoms with Crippen molar-refractivity contribution in [2.24, 2.45) is 5.73 Å². The predicted octanol–water partition coefficient (Wildman–Crippen LogP) is 0.252. The molecule has 2 unspecified atom stereocenters. The average Bonchev–Trinajstić information content (AvgIpc) is 2.11. The van der Waals surface area contributed by atoms with Gasteiger partial charge in [0.05, 0.1) is 12.4 Å². The SMILES string of the molecule is CCCC(N)C(CO)SCCS(C)(=O)=O. The van der Waals surface area contributed by atoms with Crippen LogP contribution in [0.3, 0.4) is 0 Å². The van der Waals surface area contributed by atoms with Crippen LogP contribution in [0.4, 0.5) is 0 Å². The molecule has 0 aliphatic heterocycles. The fraction of sp³-hybridized carbons (Fsp3) is 1.00. The summed E-state index contributed by atoms with van der Waals surface area (Å²) in [5, 5.41) is 9.05. The van der Waals surface area contributed by atoms with Gasteiger partial charge in [0.1, 0.15) is 9.84 Å². The molecule has 0 bridgehead atoms. The third-order valence-electron chi connectivity index (χ3n) is 2.07. The summed E-state index contributed by atoms with van der Waals surface area (Å²) < 4.78 is 21.8. The summed E-state index contributed by atoms with van der Waals surface area (Å²) >= 11 is 1.44. The molecule has 4 nitrogen and oxygen atoms in total. The molecule has 0 rings (SSSR count). The van der Waals surface area contributed by atoms with Crippen LogP contribution in [-0.2, 0) is 9.84 Å². The number of hydrogen-bond acceptors (Lipinski definition) is 5. The van der Waals surface area contributed by atoms with Gasteiger partial charge >= 0.3 is 0 Å². The van der Waals surface area contributed by atoms with E-state index < -0.39 is 9.84 Å². The van der Waals surface area contributed by atoms with Crippen LogP contribution in [-0.4, -0.2) is 49.2 Å². The van der Waals surface area contributed by atoms with Crippen molar-refractivity contribution in [3.63, 3.8) is 0 Å². The molecule has 0 aromatic rings. The summed E-state index contributed by atoms with van der Waals surface area (Å²) in [6.45, 7) is 2.05. The number of aliphatic hydroxyl groups excluding tert-OH is 1. The number of nitrogens with two attached hydrogens (primary N) is 1. The Hall–Kier alpha value is 0.220. The third kappa shape index (κ3) is 8.07. The highest BCUT2D eigenvalue weighted by molar-refractivity contribution is 8.01. The monoisotopic (exact) mass is 255 g/mol. The van der Waals surface area contributed by atoms with Crippen LogP contribution in [0.5, 0.6) is 0 Å². The van der Waals surface area contributed by atoms with Gasteiger partial charge in [0.15, 0.2) is 0 Å². The second-order valence-electron chi connectivity index (χ2n) is 3.67. The van der Waals surface area contributed by atoms with Crippen molar-refractivity contribution in [1.29, 1.82) is 0 Å². The van der Waals surface area contributed by atoms with E-state index in [4.69, 9.17) is 10.8 Å². The summed E-state index contributed by atoms with van der Waals surface area (Å²) in [6.07, 6.45) is 3.05. The Balaban J connectivity index is 3.90. The Morgan fingerprint density at radius 2 is 2.07 bits per heavy atom. The van der Waals surface area contributed by atoms with Crippen LogP contribution in [0.2, 0.25) is 0 Å². The van der Waals surface area contributed by atoms with E-state index in [-0.39, 0.29) is 23.7 Å². The largest absolute Gasteiger partial charge is 0.395 e. The predicted molar refractivity (Wildman–Crippen MR) is 65.9 cm³/mol. The van der Waals surface area contributed by atoms with E-state index in [1.807, 2.05) is 6.92 Å². The maximum absolute atomic E-state index is 10.9. The molecule has 3 N–H and O–H groups in total. The quantitative estimate of drug-likeness (QED) is 0.650. The first-order valence-corrected chi connectivity index (χ1v) is 8.17. The van der Waals surface area contributed by atoms with Gasteiger partial charge in [0, 0.05) is 23.3 Å². The first-order chi connectivity index (χ1) is 6.90. The highest BCUT2D eigenvalue weighted by Crippen LogP contribution is 2.16. The van der Waals surface area contributed by atoms with Gasteiger partial charge in [-0.25, -0.2) is 8.42 Å². The van der Waals surface area contributed by atoms with Gasteiger partial charge in [-0.15, -0.1) is 0 Å². The van der Waals surface area contributed by atoms with Gasteiger partial charge in [0.25, 0.3) is 0 Å². The molecule has 92 valence electrons. The zero-order valence-electron chi connectivity index (χ0n) is 9.35. The van der Waals surface area contributed by atoms with Crippen LogP contribution in [0.15, 0.2) is 0 Å². The van der Waals surface area contributed by atoms with E-state index in [0.717, 1.165) is 12.8 Å². The minimum absolute atomic E-state index is 0.00952. The molecule has 0 saturated carbocycles. The Morgan fingerprint density at radius 3 is 2.47 bits per heavy atom. The first kappa shape index (κ1) is 15.2. The molecule has 6 heteroatoms. The summed E-state index contributed by atoms with van der Waals surface area (Å²) in [5.74, 6) is 0.647. The van der Waals surface area contributed by atoms with Crippen molar-refractivity contribution in [3.8, 4) is 0 Å². The summed E-state index contributed by atoms with van der Waals surface area (Å²) in [5.41, 5.74) is 5.86. The van der Waals surface area contributed by atoms with Gasteiger partial charge in [-0.05, 0) is 6.42 Å². The maximum Gasteiger partial charge on any atom is 0.148 e. The van der Waals surface area contributed by atoms with Crippen LogP contribution < -0.4 is 5.73 Å². The lowest BCUT2D eigenvalue weighted by molar-refractivity contribution is 0.279. The molecular formula is C9H21NO3S2. The minimum Gasteiger partial charge on any atom is -0.395 e. The summed E-state index contributed by atoms with van der Waals surface area (Å²) in [4.78, 5) is 0. The normalized spacial score (nSPS) is 16.3. The second-order valence-corrected chi connectivity index (χ2v) is 7.28. The van der Waals surface area contributed by atoms with Gasteiger partial charge in [0.2, 0.25) is 0 Å². The lowest BCUT2D eigenvalue weighted by Gasteiger charge is -2.20. The van der Waals surface area contributed by atoms with Crippen molar-refractivity contribution >= 4 is 21.6 Å². The number of thioether (sulfide) groups is 1. The lowest BCUT2D eigenvalue weighted by atomic mass is 10.1. The van der Waals surface area contributed by atoms with Crippen molar-refractivity contribution in [2.45, 2.75) is 31.1 Å². The fourth-order valence-corrected chi connectivity index (χ4v) is 3.57. The van der Waals surface area contributed by atoms with E-state index >= 15 is 0 Å². The van der Waals surface area contributed by atoms with Gasteiger partial charge < -0.3 is 10.8 Å². The Morgan fingerprint density at radius 1 is 1.47 bits per heavy atom. The number of rotatable bonds is 8. The number of aliphatic hydroxyl groups is 1. The van der Waals surface area contributed by atoms with E-state index in [9.17, 15) is 8.42 Å². The molecule has 0 aromatic heterocycles. The Kier molecular flexibility index (Phi) is 7.60. The molecule has 0 aromatic carbocycles. The summed E-state index contributed by atoms with van der Waals surface area (Å²) in [7, 11) is -2.91. The van der Waals surface area contributed by atoms with Crippen LogP contribution in [0.25, 0.3) is 0 Å². The summed E-state index contributed by atoms with van der Waals surface area (Å²) in [6, 6.07) is -0.0513. The lowest BCUT2D eigenvalue weighted by Crippen LogP contribution is -2.35. The van der Waals surface area contributed by atoms with Crippen molar-refractivity contribution in [2.75, 3.05) is 24.4 Å². The fourth-order valence-electron chi connectivity index (χ4n) is 1.18. The molecule has 2 atom stereocenters. The van der Waals surface area contributed by atoms with Crippen LogP contribution >= 0.6 is 11.8 Å². The molecule has 0 aliphatic rings. The zero-order valence-corrected chi connectivity index (χ0v) is 11.0. The highest BCUT2D eigenvalue weighted by atomic mass is 32.2. The Labute approximate surface area is 96.5 Å². The second kappa shape index (κ2) is 7.49. The topological polar surface area (TPSA) is 80.4 Å².